The fourth-order valence-corrected chi connectivity index (χ4v) is 1.87. The molecule has 2 aromatic carbocycles. The normalized spacial score (nSPS) is 9.94. The van der Waals surface area contributed by atoms with E-state index >= 15 is 0 Å². The lowest BCUT2D eigenvalue weighted by molar-refractivity contribution is 1.26. The minimum absolute atomic E-state index is 0.471. The molecular formula is C16H15N. The maximum absolute atomic E-state index is 8.71. The Bertz CT molecular complexity index is 576. The van der Waals surface area contributed by atoms with Gasteiger partial charge < -0.3 is 0 Å². The first-order valence-electron chi connectivity index (χ1n) is 5.74. The van der Waals surface area contributed by atoms with Gasteiger partial charge >= 0.3 is 0 Å². The van der Waals surface area contributed by atoms with Crippen molar-refractivity contribution in [1.82, 2.24) is 0 Å². The first-order valence-corrected chi connectivity index (χ1v) is 5.74. The van der Waals surface area contributed by atoms with E-state index in [1.165, 1.54) is 22.3 Å². The maximum Gasteiger partial charge on any atom is 0.0669 e. The molecule has 2 aromatic rings. The zero-order valence-corrected chi connectivity index (χ0v) is 10.2. The summed E-state index contributed by atoms with van der Waals surface area (Å²) in [6.07, 6.45) is 0.471. The van der Waals surface area contributed by atoms with Crippen molar-refractivity contribution in [3.05, 3.63) is 59.2 Å². The monoisotopic (exact) mass is 221 g/mol. The highest BCUT2D eigenvalue weighted by Gasteiger charge is 2.01. The molecule has 0 radical (unpaired) electrons. The van der Waals surface area contributed by atoms with Crippen molar-refractivity contribution < 1.29 is 0 Å². The van der Waals surface area contributed by atoms with Gasteiger partial charge in [0.2, 0.25) is 0 Å². The highest BCUT2D eigenvalue weighted by atomic mass is 14.2. The van der Waals surface area contributed by atoms with E-state index in [1.54, 1.807) is 0 Å². The number of benzene rings is 2. The maximum atomic E-state index is 8.71. The Kier molecular flexibility index (Phi) is 3.25. The quantitative estimate of drug-likeness (QED) is 0.751. The van der Waals surface area contributed by atoms with Gasteiger partial charge in [-0.2, -0.15) is 5.26 Å². The fourth-order valence-electron chi connectivity index (χ4n) is 1.87. The van der Waals surface area contributed by atoms with E-state index in [9.17, 15) is 0 Å². The van der Waals surface area contributed by atoms with Crippen molar-refractivity contribution >= 4 is 0 Å². The van der Waals surface area contributed by atoms with E-state index in [2.05, 4.69) is 50.2 Å². The summed E-state index contributed by atoms with van der Waals surface area (Å²) in [5.41, 5.74) is 6.08. The van der Waals surface area contributed by atoms with E-state index in [4.69, 9.17) is 5.26 Å². The van der Waals surface area contributed by atoms with E-state index in [0.29, 0.717) is 6.42 Å². The number of aryl methyl sites for hydroxylation is 2. The highest BCUT2D eigenvalue weighted by molar-refractivity contribution is 5.65. The molecule has 0 aromatic heterocycles. The molecule has 0 unspecified atom stereocenters. The van der Waals surface area contributed by atoms with Crippen molar-refractivity contribution in [2.24, 2.45) is 0 Å². The van der Waals surface area contributed by atoms with Crippen LogP contribution in [0.4, 0.5) is 0 Å². The molecule has 2 rings (SSSR count). The molecule has 0 amide bonds. The van der Waals surface area contributed by atoms with Gasteiger partial charge in [-0.3, -0.25) is 0 Å². The van der Waals surface area contributed by atoms with Gasteiger partial charge in [-0.15, -0.1) is 0 Å². The molecule has 0 heterocycles. The van der Waals surface area contributed by atoms with Gasteiger partial charge in [-0.05, 0) is 41.7 Å². The SMILES string of the molecule is Cc1ccc(-c2cccc(CC#N)c2)cc1C. The lowest BCUT2D eigenvalue weighted by Gasteiger charge is -2.06. The van der Waals surface area contributed by atoms with Crippen LogP contribution in [0.3, 0.4) is 0 Å². The van der Waals surface area contributed by atoms with Crippen LogP contribution in [0.5, 0.6) is 0 Å². The van der Waals surface area contributed by atoms with Crippen LogP contribution in [0, 0.1) is 25.2 Å². The Morgan fingerprint density at radius 1 is 0.941 bits per heavy atom. The number of hydrogen-bond acceptors (Lipinski definition) is 1. The third kappa shape index (κ3) is 2.54. The average molecular weight is 221 g/mol. The van der Waals surface area contributed by atoms with E-state index in [-0.39, 0.29) is 0 Å². The number of hydrogen-bond donors (Lipinski definition) is 0. The molecule has 0 aliphatic heterocycles. The van der Waals surface area contributed by atoms with Gasteiger partial charge in [0.25, 0.3) is 0 Å². The molecule has 0 saturated heterocycles. The second kappa shape index (κ2) is 4.84. The minimum Gasteiger partial charge on any atom is -0.198 e. The van der Waals surface area contributed by atoms with Gasteiger partial charge in [0.15, 0.2) is 0 Å². The Morgan fingerprint density at radius 3 is 2.41 bits per heavy atom. The standard InChI is InChI=1S/C16H15N/c1-12-6-7-16(10-13(12)2)15-5-3-4-14(11-15)8-9-17/h3-7,10-11H,8H2,1-2H3. The molecule has 0 N–H and O–H groups in total. The van der Waals surface area contributed by atoms with Gasteiger partial charge in [0.1, 0.15) is 0 Å². The Morgan fingerprint density at radius 2 is 1.71 bits per heavy atom. The number of rotatable bonds is 2. The molecule has 1 heteroatoms. The lowest BCUT2D eigenvalue weighted by Crippen LogP contribution is -1.86. The zero-order chi connectivity index (χ0) is 12.3. The summed E-state index contributed by atoms with van der Waals surface area (Å²) < 4.78 is 0. The predicted molar refractivity (Wildman–Crippen MR) is 70.7 cm³/mol. The summed E-state index contributed by atoms with van der Waals surface area (Å²) in [4.78, 5) is 0. The first kappa shape index (κ1) is 11.4. The van der Waals surface area contributed by atoms with Crippen molar-refractivity contribution in [2.75, 3.05) is 0 Å². The molecule has 17 heavy (non-hydrogen) atoms. The van der Waals surface area contributed by atoms with Crippen LogP contribution in [0.15, 0.2) is 42.5 Å². The van der Waals surface area contributed by atoms with Crippen molar-refractivity contribution in [1.29, 1.82) is 5.26 Å². The van der Waals surface area contributed by atoms with Crippen LogP contribution in [-0.4, -0.2) is 0 Å². The summed E-state index contributed by atoms with van der Waals surface area (Å²) >= 11 is 0. The third-order valence-electron chi connectivity index (χ3n) is 3.05. The summed E-state index contributed by atoms with van der Waals surface area (Å²) in [6.45, 7) is 4.24. The Balaban J connectivity index is 2.42. The molecule has 84 valence electrons. The van der Waals surface area contributed by atoms with Crippen LogP contribution in [0.1, 0.15) is 16.7 Å². The summed E-state index contributed by atoms with van der Waals surface area (Å²) in [5, 5.41) is 8.71. The molecule has 0 bridgehead atoms. The number of nitriles is 1. The summed E-state index contributed by atoms with van der Waals surface area (Å²) in [7, 11) is 0. The molecule has 0 atom stereocenters. The van der Waals surface area contributed by atoms with Crippen molar-refractivity contribution in [3.63, 3.8) is 0 Å². The van der Waals surface area contributed by atoms with Crippen LogP contribution in [0.25, 0.3) is 11.1 Å². The number of nitrogens with zero attached hydrogens (tertiary/aromatic N) is 1. The third-order valence-corrected chi connectivity index (χ3v) is 3.05. The van der Waals surface area contributed by atoms with Crippen LogP contribution >= 0.6 is 0 Å². The highest BCUT2D eigenvalue weighted by Crippen LogP contribution is 2.23. The first-order chi connectivity index (χ1) is 8.20. The van der Waals surface area contributed by atoms with Gasteiger partial charge in [0, 0.05) is 0 Å². The molecule has 0 fully saturated rings. The Labute approximate surface area is 102 Å². The van der Waals surface area contributed by atoms with Crippen LogP contribution in [-0.2, 0) is 6.42 Å². The van der Waals surface area contributed by atoms with E-state index < -0.39 is 0 Å². The molecule has 0 saturated carbocycles. The predicted octanol–water partition coefficient (Wildman–Crippen LogP) is 4.04. The summed E-state index contributed by atoms with van der Waals surface area (Å²) in [5.74, 6) is 0. The summed E-state index contributed by atoms with van der Waals surface area (Å²) in [6, 6.07) is 16.8. The largest absolute Gasteiger partial charge is 0.198 e. The molecule has 0 aliphatic carbocycles. The van der Waals surface area contributed by atoms with Crippen molar-refractivity contribution in [2.45, 2.75) is 20.3 Å². The Hall–Kier alpha value is -2.07. The lowest BCUT2D eigenvalue weighted by atomic mass is 9.98. The molecular weight excluding hydrogens is 206 g/mol. The van der Waals surface area contributed by atoms with Crippen LogP contribution in [0.2, 0.25) is 0 Å². The smallest absolute Gasteiger partial charge is 0.0669 e. The molecule has 0 aliphatic rings. The van der Waals surface area contributed by atoms with Crippen LogP contribution < -0.4 is 0 Å². The minimum atomic E-state index is 0.471. The molecule has 0 spiro atoms. The van der Waals surface area contributed by atoms with Crippen molar-refractivity contribution in [3.8, 4) is 17.2 Å². The second-order valence-electron chi connectivity index (χ2n) is 4.33. The molecule has 1 nitrogen and oxygen atoms in total. The van der Waals surface area contributed by atoms with Gasteiger partial charge in [-0.1, -0.05) is 42.5 Å². The fraction of sp³-hybridized carbons (Fsp3) is 0.188. The van der Waals surface area contributed by atoms with E-state index in [0.717, 1.165) is 5.56 Å². The second-order valence-corrected chi connectivity index (χ2v) is 4.33. The van der Waals surface area contributed by atoms with E-state index in [1.807, 2.05) is 12.1 Å². The average Bonchev–Trinajstić information content (AvgIpc) is 2.33. The van der Waals surface area contributed by atoms with Gasteiger partial charge in [-0.25, -0.2) is 0 Å². The zero-order valence-electron chi connectivity index (χ0n) is 10.2. The van der Waals surface area contributed by atoms with Gasteiger partial charge in [0.05, 0.1) is 12.5 Å². The topological polar surface area (TPSA) is 23.8 Å².